The molecule has 3 rings (SSSR count). The lowest BCUT2D eigenvalue weighted by molar-refractivity contribution is -0.116. The fraction of sp³-hybridized carbons (Fsp3) is 0.333. The summed E-state index contributed by atoms with van der Waals surface area (Å²) in [4.78, 5) is 21.8. The van der Waals surface area contributed by atoms with Crippen LogP contribution >= 0.6 is 11.3 Å². The first-order valence-electron chi connectivity index (χ1n) is 11.6. The molecule has 1 aromatic heterocycles. The third kappa shape index (κ3) is 6.00. The number of amides is 1. The monoisotopic (exact) mass is 580 g/mol. The molecule has 15 heteroatoms. The molecule has 0 aliphatic carbocycles. The largest absolute Gasteiger partial charge is 0.495 e. The number of ether oxygens (including phenoxy) is 1. The Bertz CT molecular complexity index is 1610. The first-order chi connectivity index (χ1) is 18.5. The number of hydrogen-bond acceptors (Lipinski definition) is 8. The summed E-state index contributed by atoms with van der Waals surface area (Å²) in [5.74, 6) is -6.18. The average molecular weight is 581 g/mol. The van der Waals surface area contributed by atoms with Gasteiger partial charge in [-0.3, -0.25) is 4.79 Å². The molecule has 10 nitrogen and oxygen atoms in total. The third-order valence-electron chi connectivity index (χ3n) is 5.71. The van der Waals surface area contributed by atoms with Gasteiger partial charge in [-0.1, -0.05) is 31.1 Å². The van der Waals surface area contributed by atoms with Crippen LogP contribution in [0.15, 0.2) is 29.2 Å². The van der Waals surface area contributed by atoms with Gasteiger partial charge in [0.05, 0.1) is 17.7 Å². The zero-order chi connectivity index (χ0) is 28.9. The summed E-state index contributed by atoms with van der Waals surface area (Å²) in [5, 5.41) is 19.4. The molecule has 39 heavy (non-hydrogen) atoms. The van der Waals surface area contributed by atoms with E-state index in [1.54, 1.807) is 6.92 Å². The Morgan fingerprint density at radius 1 is 1.18 bits per heavy atom. The lowest BCUT2D eigenvalue weighted by Gasteiger charge is -2.10. The number of thiazole rings is 1. The molecule has 1 unspecified atom stereocenters. The zero-order valence-corrected chi connectivity index (χ0v) is 22.7. The van der Waals surface area contributed by atoms with Crippen molar-refractivity contribution in [1.82, 2.24) is 4.98 Å². The molecule has 204 valence electrons. The molecule has 0 fully saturated rings. The van der Waals surface area contributed by atoms with E-state index in [0.717, 1.165) is 30.6 Å². The molecule has 0 saturated heterocycles. The van der Waals surface area contributed by atoms with E-state index in [1.165, 1.54) is 25.3 Å². The number of halogens is 3. The molecule has 0 bridgehead atoms. The van der Waals surface area contributed by atoms with E-state index < -0.39 is 48.8 Å². The molecule has 0 aliphatic heterocycles. The standard InChI is InChI=1S/C24H22F3N6O4S2/c1-4-5-6-7-18(34)31-24-30-12(2)22(38-24)13-8-9-16(37-3)17(10-13)39(35,36)23(33-29)14-11-15(25)19(26)20(27)21(14)32-28/h8-11,23H,4-7H2,1-3H3/q+1/p+1. The van der Waals surface area contributed by atoms with Crippen molar-refractivity contribution >= 4 is 37.9 Å². The van der Waals surface area contributed by atoms with Crippen LogP contribution in [0.3, 0.4) is 0 Å². The Kier molecular flexibility index (Phi) is 9.21. The average Bonchev–Trinajstić information content (AvgIpc) is 3.27. The minimum atomic E-state index is -4.85. The molecule has 0 spiro atoms. The first kappa shape index (κ1) is 29.5. The van der Waals surface area contributed by atoms with Crippen LogP contribution in [0.4, 0.5) is 24.0 Å². The van der Waals surface area contributed by atoms with E-state index in [9.17, 15) is 31.8 Å². The molecule has 1 heterocycles. The number of nitrogens with zero attached hydrogens (tertiary/aromatic N) is 5. The Morgan fingerprint density at radius 3 is 2.51 bits per heavy atom. The highest BCUT2D eigenvalue weighted by atomic mass is 32.2. The molecule has 1 N–H and O–H groups in total. The molecule has 1 amide bonds. The van der Waals surface area contributed by atoms with Crippen LogP contribution in [0.1, 0.15) is 49.2 Å². The van der Waals surface area contributed by atoms with E-state index in [4.69, 9.17) is 10.1 Å². The smallest absolute Gasteiger partial charge is 0.447 e. The number of benzene rings is 2. The number of rotatable bonds is 10. The maximum Gasteiger partial charge on any atom is 0.447 e. The highest BCUT2D eigenvalue weighted by molar-refractivity contribution is 7.92. The van der Waals surface area contributed by atoms with E-state index >= 15 is 0 Å². The van der Waals surface area contributed by atoms with Crippen LogP contribution in [0.25, 0.3) is 20.4 Å². The van der Waals surface area contributed by atoms with E-state index in [0.29, 0.717) is 27.7 Å². The highest BCUT2D eigenvalue weighted by Crippen LogP contribution is 2.43. The van der Waals surface area contributed by atoms with Crippen molar-refractivity contribution < 1.29 is 31.1 Å². The van der Waals surface area contributed by atoms with Gasteiger partial charge in [-0.15, -0.1) is 0 Å². The van der Waals surface area contributed by atoms with Crippen LogP contribution < -0.4 is 10.1 Å². The molecule has 0 saturated carbocycles. The molecule has 3 aromatic rings. The summed E-state index contributed by atoms with van der Waals surface area (Å²) in [5.41, 5.74) is -1.40. The van der Waals surface area contributed by atoms with Gasteiger partial charge in [-0.2, -0.15) is 4.39 Å². The van der Waals surface area contributed by atoms with Gasteiger partial charge >= 0.3 is 11.1 Å². The zero-order valence-electron chi connectivity index (χ0n) is 21.0. The second kappa shape index (κ2) is 12.2. The number of hydrogen-bond donors (Lipinski definition) is 1. The van der Waals surface area contributed by atoms with Crippen molar-refractivity contribution in [3.8, 4) is 16.2 Å². The Hall–Kier alpha value is -4.08. The number of unbranched alkanes of at least 4 members (excludes halogenated alkanes) is 2. The van der Waals surface area contributed by atoms with Gasteiger partial charge in [0.15, 0.2) is 21.5 Å². The minimum Gasteiger partial charge on any atom is -0.495 e. The predicted octanol–water partition coefficient (Wildman–Crippen LogP) is 6.87. The van der Waals surface area contributed by atoms with Crippen LogP contribution in [0, 0.1) is 35.2 Å². The molecule has 2 aromatic carbocycles. The number of carbonyl (C=O) groups excluding carboxylic acids is 1. The van der Waals surface area contributed by atoms with Crippen LogP contribution in [-0.4, -0.2) is 26.4 Å². The lowest BCUT2D eigenvalue weighted by atomic mass is 10.1. The maximum absolute atomic E-state index is 14.2. The second-order valence-corrected chi connectivity index (χ2v) is 11.3. The molecule has 0 aliphatic rings. The molecule has 0 radical (unpaired) electrons. The quantitative estimate of drug-likeness (QED) is 0.157. The van der Waals surface area contributed by atoms with Gasteiger partial charge in [-0.05, 0) is 43.2 Å². The van der Waals surface area contributed by atoms with Gasteiger partial charge in [-0.25, -0.2) is 22.2 Å². The van der Waals surface area contributed by atoms with Crippen LogP contribution in [0.5, 0.6) is 5.75 Å². The fourth-order valence-electron chi connectivity index (χ4n) is 3.78. The van der Waals surface area contributed by atoms with Gasteiger partial charge in [0.1, 0.15) is 15.6 Å². The number of diazo groups is 2. The number of aromatic nitrogens is 1. The van der Waals surface area contributed by atoms with Crippen molar-refractivity contribution in [2.24, 2.45) is 0 Å². The van der Waals surface area contributed by atoms with Crippen molar-refractivity contribution in [3.05, 3.63) is 62.9 Å². The molecular formula is C24H23F3N6O4S2+2. The summed E-state index contributed by atoms with van der Waals surface area (Å²) < 4.78 is 74.2. The molecular weight excluding hydrogens is 557 g/mol. The normalized spacial score (nSPS) is 11.9. The Balaban J connectivity index is 2.08. The van der Waals surface area contributed by atoms with E-state index in [1.807, 2.05) is 6.92 Å². The lowest BCUT2D eigenvalue weighted by Crippen LogP contribution is -2.13. The summed E-state index contributed by atoms with van der Waals surface area (Å²) in [6.45, 7) is 3.67. The second-order valence-electron chi connectivity index (χ2n) is 8.34. The summed E-state index contributed by atoms with van der Waals surface area (Å²) in [7, 11) is -3.67. The Morgan fingerprint density at radius 2 is 1.90 bits per heavy atom. The number of nitrogens with one attached hydrogen (secondary N) is 1. The number of sulfone groups is 1. The van der Waals surface area contributed by atoms with Crippen molar-refractivity contribution in [2.75, 3.05) is 12.4 Å². The maximum atomic E-state index is 14.2. The number of aryl methyl sites for hydroxylation is 1. The Labute approximate surface area is 226 Å². The minimum absolute atomic E-state index is 0.204. The fourth-order valence-corrected chi connectivity index (χ4v) is 6.36. The number of carbonyl (C=O) groups is 1. The molecule has 1 atom stereocenters. The topological polar surface area (TPSA) is 142 Å². The van der Waals surface area contributed by atoms with Gasteiger partial charge < -0.3 is 10.1 Å². The predicted molar refractivity (Wildman–Crippen MR) is 138 cm³/mol. The summed E-state index contributed by atoms with van der Waals surface area (Å²) in [6, 6.07) is 4.27. The van der Waals surface area contributed by atoms with E-state index in [2.05, 4.69) is 20.3 Å². The van der Waals surface area contributed by atoms with Crippen molar-refractivity contribution in [1.29, 1.82) is 10.8 Å². The van der Waals surface area contributed by atoms with E-state index in [-0.39, 0.29) is 17.7 Å². The summed E-state index contributed by atoms with van der Waals surface area (Å²) in [6.07, 6.45) is 2.92. The van der Waals surface area contributed by atoms with Crippen molar-refractivity contribution in [3.63, 3.8) is 0 Å². The summed E-state index contributed by atoms with van der Waals surface area (Å²) >= 11 is 1.09. The van der Waals surface area contributed by atoms with Gasteiger partial charge in [0.25, 0.3) is 15.7 Å². The van der Waals surface area contributed by atoms with Crippen LogP contribution in [0.2, 0.25) is 0 Å². The van der Waals surface area contributed by atoms with Crippen molar-refractivity contribution in [2.45, 2.75) is 49.8 Å². The SMILES string of the molecule is CCCCCC(=O)Nc1nc(C)c(-c2ccc(OC)c(S(=O)(=O)C([N+]#N)c3cc(F)c(F)c(F)c3[N+]#N)c2)s1. The van der Waals surface area contributed by atoms with Gasteiger partial charge in [0.2, 0.25) is 22.5 Å². The first-order valence-corrected chi connectivity index (χ1v) is 13.9. The number of anilines is 1. The third-order valence-corrected chi connectivity index (χ3v) is 8.70. The van der Waals surface area contributed by atoms with Gasteiger partial charge in [0, 0.05) is 6.42 Å². The highest BCUT2D eigenvalue weighted by Gasteiger charge is 2.49. The van der Waals surface area contributed by atoms with Crippen LogP contribution in [-0.2, 0) is 14.6 Å². The number of methoxy groups -OCH3 is 1.